The van der Waals surface area contributed by atoms with E-state index in [-0.39, 0.29) is 25.3 Å². The second kappa shape index (κ2) is 10.9. The van der Waals surface area contributed by atoms with E-state index < -0.39 is 23.8 Å². The third kappa shape index (κ3) is 5.76. The van der Waals surface area contributed by atoms with Gasteiger partial charge in [0, 0.05) is 29.0 Å². The molecule has 1 aliphatic rings. The highest BCUT2D eigenvalue weighted by molar-refractivity contribution is 7.98. The van der Waals surface area contributed by atoms with Gasteiger partial charge in [-0.05, 0) is 51.3 Å². The SMILES string of the molecule is CSc1ccc(OC(F)F)c(-c2nn(C3(CC#N)CN(C(=O)OC(C)(C)C)C3)cc2Nc2cnn3cccnc23)c1. The van der Waals surface area contributed by atoms with Gasteiger partial charge < -0.3 is 19.7 Å². The number of rotatable bonds is 8. The Labute approximate surface area is 239 Å². The fourth-order valence-electron chi connectivity index (χ4n) is 4.59. The summed E-state index contributed by atoms with van der Waals surface area (Å²) in [6.45, 7) is 2.65. The number of fused-ring (bicyclic) bond motifs is 1. The van der Waals surface area contributed by atoms with Crippen LogP contribution in [0, 0.1) is 11.3 Å². The number of aromatic nitrogens is 5. The van der Waals surface area contributed by atoms with Crippen molar-refractivity contribution in [1.29, 1.82) is 5.26 Å². The molecule has 214 valence electrons. The number of anilines is 2. The first-order valence-corrected chi connectivity index (χ1v) is 13.9. The summed E-state index contributed by atoms with van der Waals surface area (Å²) in [6, 6.07) is 8.83. The van der Waals surface area contributed by atoms with Crippen molar-refractivity contribution in [3.8, 4) is 23.1 Å². The lowest BCUT2D eigenvalue weighted by molar-refractivity contribution is -0.0495. The molecule has 1 saturated heterocycles. The average molecular weight is 583 g/mol. The molecule has 0 atom stereocenters. The first kappa shape index (κ1) is 28.2. The molecule has 1 aliphatic heterocycles. The zero-order chi connectivity index (χ0) is 29.4. The topological polar surface area (TPSA) is 123 Å². The third-order valence-electron chi connectivity index (χ3n) is 6.44. The highest BCUT2D eigenvalue weighted by Gasteiger charge is 2.49. The quantitative estimate of drug-likeness (QED) is 0.268. The maximum atomic E-state index is 13.4. The Hall–Kier alpha value is -4.38. The van der Waals surface area contributed by atoms with Gasteiger partial charge in [-0.15, -0.1) is 11.8 Å². The minimum absolute atomic E-state index is 0.0520. The monoisotopic (exact) mass is 582 g/mol. The number of hydrogen-bond acceptors (Lipinski definition) is 9. The predicted molar refractivity (Wildman–Crippen MR) is 148 cm³/mol. The van der Waals surface area contributed by atoms with Gasteiger partial charge in [0.15, 0.2) is 5.65 Å². The molecule has 1 amide bonds. The number of thioether (sulfide) groups is 1. The van der Waals surface area contributed by atoms with Gasteiger partial charge in [0.1, 0.15) is 28.3 Å². The number of alkyl halides is 2. The number of nitrogens with zero attached hydrogens (tertiary/aromatic N) is 7. The Morgan fingerprint density at radius 1 is 1.29 bits per heavy atom. The van der Waals surface area contributed by atoms with E-state index in [0.717, 1.165) is 4.90 Å². The van der Waals surface area contributed by atoms with Crippen LogP contribution in [0.5, 0.6) is 5.75 Å². The van der Waals surface area contributed by atoms with E-state index in [1.165, 1.54) is 22.7 Å². The van der Waals surface area contributed by atoms with Crippen LogP contribution in [0.25, 0.3) is 16.9 Å². The van der Waals surface area contributed by atoms with Crippen molar-refractivity contribution in [2.45, 2.75) is 49.8 Å². The van der Waals surface area contributed by atoms with Crippen LogP contribution in [0.3, 0.4) is 0 Å². The van der Waals surface area contributed by atoms with E-state index in [0.29, 0.717) is 28.3 Å². The molecule has 0 radical (unpaired) electrons. The van der Waals surface area contributed by atoms with Gasteiger partial charge in [-0.25, -0.2) is 14.3 Å². The number of benzene rings is 1. The highest BCUT2D eigenvalue weighted by atomic mass is 32.2. The molecule has 0 saturated carbocycles. The van der Waals surface area contributed by atoms with Gasteiger partial charge in [-0.2, -0.15) is 24.2 Å². The van der Waals surface area contributed by atoms with Crippen LogP contribution >= 0.6 is 11.8 Å². The zero-order valence-corrected chi connectivity index (χ0v) is 23.7. The van der Waals surface area contributed by atoms with Crippen molar-refractivity contribution in [3.05, 3.63) is 49.1 Å². The molecular weight excluding hydrogens is 554 g/mol. The number of halogens is 2. The Morgan fingerprint density at radius 3 is 2.76 bits per heavy atom. The Bertz CT molecular complexity index is 1620. The van der Waals surface area contributed by atoms with Crippen molar-refractivity contribution in [3.63, 3.8) is 0 Å². The normalized spacial score (nSPS) is 14.5. The third-order valence-corrected chi connectivity index (χ3v) is 7.16. The average Bonchev–Trinajstić information content (AvgIpc) is 3.50. The summed E-state index contributed by atoms with van der Waals surface area (Å²) in [5.74, 6) is -0.0533. The molecule has 0 bridgehead atoms. The number of carbonyl (C=O) groups excluding carboxylic acids is 1. The molecule has 0 spiro atoms. The molecule has 1 fully saturated rings. The number of likely N-dealkylation sites (tertiary alicyclic amines) is 1. The van der Waals surface area contributed by atoms with Crippen LogP contribution in [0.4, 0.5) is 25.0 Å². The largest absolute Gasteiger partial charge is 0.444 e. The summed E-state index contributed by atoms with van der Waals surface area (Å²) in [4.78, 5) is 19.4. The molecule has 0 aliphatic carbocycles. The van der Waals surface area contributed by atoms with Crippen LogP contribution in [-0.2, 0) is 10.3 Å². The summed E-state index contributed by atoms with van der Waals surface area (Å²) in [7, 11) is 0. The summed E-state index contributed by atoms with van der Waals surface area (Å²) < 4.78 is 40.4. The molecule has 1 aromatic carbocycles. The van der Waals surface area contributed by atoms with E-state index in [1.54, 1.807) is 73.0 Å². The first-order valence-electron chi connectivity index (χ1n) is 12.7. The lowest BCUT2D eigenvalue weighted by Crippen LogP contribution is -2.64. The molecule has 1 N–H and O–H groups in total. The van der Waals surface area contributed by atoms with E-state index in [4.69, 9.17) is 14.6 Å². The van der Waals surface area contributed by atoms with Crippen LogP contribution in [0.15, 0.2) is 53.9 Å². The molecule has 4 aromatic rings. The summed E-state index contributed by atoms with van der Waals surface area (Å²) in [6.07, 6.45) is 8.10. The number of amides is 1. The number of nitrogens with one attached hydrogen (secondary N) is 1. The van der Waals surface area contributed by atoms with E-state index in [2.05, 4.69) is 21.5 Å². The second-order valence-electron chi connectivity index (χ2n) is 10.5. The Balaban J connectivity index is 1.60. The van der Waals surface area contributed by atoms with E-state index in [9.17, 15) is 18.8 Å². The number of hydrogen-bond donors (Lipinski definition) is 1. The maximum Gasteiger partial charge on any atom is 0.410 e. The van der Waals surface area contributed by atoms with Crippen molar-refractivity contribution >= 4 is 34.9 Å². The van der Waals surface area contributed by atoms with Gasteiger partial charge in [0.05, 0.1) is 37.5 Å². The van der Waals surface area contributed by atoms with Crippen LogP contribution in [0.1, 0.15) is 27.2 Å². The second-order valence-corrected chi connectivity index (χ2v) is 11.4. The number of ether oxygens (including phenoxy) is 2. The molecule has 3 aromatic heterocycles. The Morgan fingerprint density at radius 2 is 2.07 bits per heavy atom. The number of nitriles is 1. The minimum Gasteiger partial charge on any atom is -0.444 e. The van der Waals surface area contributed by atoms with Crippen molar-refractivity contribution in [2.75, 3.05) is 24.7 Å². The summed E-state index contributed by atoms with van der Waals surface area (Å²) in [5, 5.41) is 22.1. The van der Waals surface area contributed by atoms with Crippen LogP contribution in [0.2, 0.25) is 0 Å². The standard InChI is InChI=1S/C27H28F2N8O3S/c1-26(2,3)40-25(38)35-15-27(16-35,8-9-30)37-14-20(33-19-13-32-36-11-5-10-31-23(19)36)22(34-37)18-12-17(41-4)6-7-21(18)39-24(28)29/h5-7,10-14,24,33H,8,15-16H2,1-4H3. The molecule has 11 nitrogen and oxygen atoms in total. The zero-order valence-electron chi connectivity index (χ0n) is 22.8. The predicted octanol–water partition coefficient (Wildman–Crippen LogP) is 5.52. The van der Waals surface area contributed by atoms with Gasteiger partial charge in [-0.3, -0.25) is 4.68 Å². The van der Waals surface area contributed by atoms with Gasteiger partial charge in [-0.1, -0.05) is 0 Å². The van der Waals surface area contributed by atoms with Crippen molar-refractivity contribution in [1.82, 2.24) is 29.3 Å². The highest BCUT2D eigenvalue weighted by Crippen LogP contribution is 2.42. The van der Waals surface area contributed by atoms with E-state index >= 15 is 0 Å². The van der Waals surface area contributed by atoms with Gasteiger partial charge >= 0.3 is 12.7 Å². The summed E-state index contributed by atoms with van der Waals surface area (Å²) in [5.41, 5.74) is 0.670. The molecule has 5 rings (SSSR count). The van der Waals surface area contributed by atoms with E-state index in [1.807, 2.05) is 6.26 Å². The molecule has 0 unspecified atom stereocenters. The minimum atomic E-state index is -3.05. The maximum absolute atomic E-state index is 13.4. The lowest BCUT2D eigenvalue weighted by Gasteiger charge is -2.48. The fourth-order valence-corrected chi connectivity index (χ4v) is 5.03. The van der Waals surface area contributed by atoms with Crippen LogP contribution in [-0.4, -0.2) is 66.9 Å². The summed E-state index contributed by atoms with van der Waals surface area (Å²) >= 11 is 1.44. The Kier molecular flexibility index (Phi) is 7.48. The van der Waals surface area contributed by atoms with Gasteiger partial charge in [0.2, 0.25) is 0 Å². The van der Waals surface area contributed by atoms with Gasteiger partial charge in [0.25, 0.3) is 0 Å². The van der Waals surface area contributed by atoms with Crippen LogP contribution < -0.4 is 10.1 Å². The van der Waals surface area contributed by atoms with Crippen molar-refractivity contribution < 1.29 is 23.0 Å². The molecule has 14 heteroatoms. The smallest absolute Gasteiger partial charge is 0.410 e. The molecule has 41 heavy (non-hydrogen) atoms. The first-order chi connectivity index (χ1) is 19.5. The lowest BCUT2D eigenvalue weighted by atomic mass is 9.87. The molecular formula is C27H28F2N8O3S. The fraction of sp³-hybridized carbons (Fsp3) is 0.370. The molecule has 4 heterocycles. The number of carbonyl (C=O) groups is 1. The van der Waals surface area contributed by atoms with Crippen molar-refractivity contribution in [2.24, 2.45) is 0 Å².